The lowest BCUT2D eigenvalue weighted by molar-refractivity contribution is 0.0365. The molecule has 4 aromatic rings. The first-order valence-electron chi connectivity index (χ1n) is 10.5. The van der Waals surface area contributed by atoms with Gasteiger partial charge in [-0.15, -0.1) is 0 Å². The van der Waals surface area contributed by atoms with Crippen LogP contribution in [-0.2, 0) is 11.3 Å². The number of ketones is 1. The fourth-order valence-electron chi connectivity index (χ4n) is 4.39. The zero-order valence-corrected chi connectivity index (χ0v) is 17.2. The first-order chi connectivity index (χ1) is 14.7. The van der Waals surface area contributed by atoms with Crippen molar-refractivity contribution in [1.82, 2.24) is 14.5 Å². The third-order valence-corrected chi connectivity index (χ3v) is 6.03. The van der Waals surface area contributed by atoms with Gasteiger partial charge >= 0.3 is 0 Å². The molecule has 2 aromatic carbocycles. The van der Waals surface area contributed by atoms with E-state index in [0.29, 0.717) is 5.69 Å². The van der Waals surface area contributed by atoms with Gasteiger partial charge in [0.25, 0.3) is 0 Å². The second kappa shape index (κ2) is 8.01. The van der Waals surface area contributed by atoms with E-state index in [2.05, 4.69) is 20.5 Å². The number of rotatable bonds is 5. The number of hydrogen-bond acceptors (Lipinski definition) is 4. The predicted octanol–water partition coefficient (Wildman–Crippen LogP) is 4.06. The molecule has 152 valence electrons. The highest BCUT2D eigenvalue weighted by Gasteiger charge is 2.22. The highest BCUT2D eigenvalue weighted by Crippen LogP contribution is 2.28. The molecule has 5 nitrogen and oxygen atoms in total. The van der Waals surface area contributed by atoms with Crippen molar-refractivity contribution >= 4 is 27.6 Å². The zero-order valence-electron chi connectivity index (χ0n) is 17.2. The average molecular weight is 399 g/mol. The van der Waals surface area contributed by atoms with E-state index in [-0.39, 0.29) is 5.78 Å². The molecule has 1 fully saturated rings. The molecule has 1 aliphatic heterocycles. The van der Waals surface area contributed by atoms with Crippen molar-refractivity contribution < 1.29 is 9.53 Å². The summed E-state index contributed by atoms with van der Waals surface area (Å²) in [5, 5.41) is 2.04. The minimum Gasteiger partial charge on any atom is -0.379 e. The molecule has 0 aliphatic carbocycles. The van der Waals surface area contributed by atoms with Crippen LogP contribution in [0.4, 0.5) is 0 Å². The van der Waals surface area contributed by atoms with Gasteiger partial charge in [-0.25, -0.2) is 4.98 Å². The summed E-state index contributed by atoms with van der Waals surface area (Å²) >= 11 is 0. The van der Waals surface area contributed by atoms with Crippen molar-refractivity contribution in [1.29, 1.82) is 0 Å². The summed E-state index contributed by atoms with van der Waals surface area (Å²) in [6, 6.07) is 19.9. The van der Waals surface area contributed by atoms with Gasteiger partial charge in [-0.05, 0) is 25.1 Å². The number of hydrogen-bond donors (Lipinski definition) is 0. The van der Waals surface area contributed by atoms with Gasteiger partial charge in [0.2, 0.25) is 5.78 Å². The molecular weight excluding hydrogens is 374 g/mol. The highest BCUT2D eigenvalue weighted by atomic mass is 16.5. The maximum absolute atomic E-state index is 13.5. The number of nitrogens with zero attached hydrogens (tertiary/aromatic N) is 3. The third-order valence-electron chi connectivity index (χ3n) is 6.03. The molecule has 0 bridgehead atoms. The molecule has 0 radical (unpaired) electrons. The topological polar surface area (TPSA) is 47.4 Å². The molecular formula is C25H25N3O2. The standard InChI is InChI=1S/C25H25N3O2/c1-18-24(25(29)22-11-10-19-6-2-4-8-21(19)26-22)20-7-3-5-9-23(20)28(18)13-12-27-14-16-30-17-15-27/h2-11H,12-17H2,1H3. The Kier molecular flexibility index (Phi) is 5.07. The first-order valence-corrected chi connectivity index (χ1v) is 10.5. The van der Waals surface area contributed by atoms with Gasteiger partial charge in [0.15, 0.2) is 0 Å². The van der Waals surface area contributed by atoms with Crippen LogP contribution in [0.2, 0.25) is 0 Å². The molecule has 0 unspecified atom stereocenters. The van der Waals surface area contributed by atoms with Crippen molar-refractivity contribution in [3.63, 3.8) is 0 Å². The summed E-state index contributed by atoms with van der Waals surface area (Å²) in [5.41, 5.74) is 4.21. The monoisotopic (exact) mass is 399 g/mol. The van der Waals surface area contributed by atoms with Crippen molar-refractivity contribution in [3.05, 3.63) is 77.6 Å². The molecule has 0 amide bonds. The minimum atomic E-state index is -0.0143. The molecule has 2 aromatic heterocycles. The number of fused-ring (bicyclic) bond motifs is 2. The first kappa shape index (κ1) is 19.0. The molecule has 5 heteroatoms. The van der Waals surface area contributed by atoms with E-state index in [1.807, 2.05) is 61.5 Å². The van der Waals surface area contributed by atoms with Crippen molar-refractivity contribution in [2.75, 3.05) is 32.8 Å². The number of morpholine rings is 1. The van der Waals surface area contributed by atoms with Crippen LogP contribution in [0.15, 0.2) is 60.7 Å². The van der Waals surface area contributed by atoms with E-state index in [9.17, 15) is 4.79 Å². The van der Waals surface area contributed by atoms with Crippen LogP contribution in [0.3, 0.4) is 0 Å². The molecule has 0 spiro atoms. The Morgan fingerprint density at radius 1 is 0.967 bits per heavy atom. The Hall–Kier alpha value is -3.02. The largest absolute Gasteiger partial charge is 0.379 e. The number of ether oxygens (including phenoxy) is 1. The van der Waals surface area contributed by atoms with Gasteiger partial charge < -0.3 is 9.30 Å². The Balaban J connectivity index is 1.53. The molecule has 0 N–H and O–H groups in total. The molecule has 0 atom stereocenters. The summed E-state index contributed by atoms with van der Waals surface area (Å²) in [4.78, 5) is 20.6. The van der Waals surface area contributed by atoms with Gasteiger partial charge in [-0.2, -0.15) is 0 Å². The number of carbonyl (C=O) groups excluding carboxylic acids is 1. The summed E-state index contributed by atoms with van der Waals surface area (Å²) in [6.07, 6.45) is 0. The Morgan fingerprint density at radius 2 is 1.73 bits per heavy atom. The SMILES string of the molecule is Cc1c(C(=O)c2ccc3ccccc3n2)c2ccccc2n1CCN1CCOCC1. The van der Waals surface area contributed by atoms with Gasteiger partial charge in [0, 0.05) is 48.2 Å². The summed E-state index contributed by atoms with van der Waals surface area (Å²) in [7, 11) is 0. The number of aromatic nitrogens is 2. The zero-order chi connectivity index (χ0) is 20.5. The lowest BCUT2D eigenvalue weighted by Crippen LogP contribution is -2.38. The maximum Gasteiger partial charge on any atom is 0.213 e. The van der Waals surface area contributed by atoms with Crippen molar-refractivity contribution in [2.24, 2.45) is 0 Å². The van der Waals surface area contributed by atoms with Crippen molar-refractivity contribution in [3.8, 4) is 0 Å². The molecule has 5 rings (SSSR count). The summed E-state index contributed by atoms with van der Waals surface area (Å²) in [5.74, 6) is -0.0143. The lowest BCUT2D eigenvalue weighted by atomic mass is 10.0. The molecule has 1 aliphatic rings. The molecule has 30 heavy (non-hydrogen) atoms. The van der Waals surface area contributed by atoms with E-state index < -0.39 is 0 Å². The van der Waals surface area contributed by atoms with Crippen LogP contribution in [0, 0.1) is 6.92 Å². The van der Waals surface area contributed by atoms with Crippen LogP contribution in [0.5, 0.6) is 0 Å². The average Bonchev–Trinajstić information content (AvgIpc) is 3.08. The van der Waals surface area contributed by atoms with E-state index in [0.717, 1.165) is 72.5 Å². The van der Waals surface area contributed by atoms with Gasteiger partial charge in [-0.1, -0.05) is 42.5 Å². The maximum atomic E-state index is 13.5. The van der Waals surface area contributed by atoms with Crippen LogP contribution < -0.4 is 0 Å². The fraction of sp³-hybridized carbons (Fsp3) is 0.280. The molecule has 0 saturated carbocycles. The van der Waals surface area contributed by atoms with E-state index in [4.69, 9.17) is 4.74 Å². The summed E-state index contributed by atoms with van der Waals surface area (Å²) in [6.45, 7) is 7.37. The van der Waals surface area contributed by atoms with Gasteiger partial charge in [-0.3, -0.25) is 9.69 Å². The van der Waals surface area contributed by atoms with Crippen LogP contribution in [0.1, 0.15) is 21.7 Å². The van der Waals surface area contributed by atoms with Crippen LogP contribution in [0.25, 0.3) is 21.8 Å². The quantitative estimate of drug-likeness (QED) is 0.475. The lowest BCUT2D eigenvalue weighted by Gasteiger charge is -2.27. The van der Waals surface area contributed by atoms with Gasteiger partial charge in [0.05, 0.1) is 24.3 Å². The highest BCUT2D eigenvalue weighted by molar-refractivity contribution is 6.17. The molecule has 3 heterocycles. The fourth-order valence-corrected chi connectivity index (χ4v) is 4.39. The second-order valence-electron chi connectivity index (χ2n) is 7.80. The third kappa shape index (κ3) is 3.40. The number of carbonyl (C=O) groups is 1. The minimum absolute atomic E-state index is 0.0143. The number of pyridine rings is 1. The second-order valence-corrected chi connectivity index (χ2v) is 7.80. The normalized spacial score (nSPS) is 15.1. The van der Waals surface area contributed by atoms with E-state index >= 15 is 0 Å². The summed E-state index contributed by atoms with van der Waals surface area (Å²) < 4.78 is 7.74. The Labute approximate surface area is 175 Å². The Bertz CT molecular complexity index is 1220. The van der Waals surface area contributed by atoms with Crippen LogP contribution in [-0.4, -0.2) is 53.1 Å². The predicted molar refractivity (Wildman–Crippen MR) is 119 cm³/mol. The van der Waals surface area contributed by atoms with E-state index in [1.54, 1.807) is 0 Å². The van der Waals surface area contributed by atoms with Crippen LogP contribution >= 0.6 is 0 Å². The number of benzene rings is 2. The molecule has 1 saturated heterocycles. The number of para-hydroxylation sites is 2. The smallest absolute Gasteiger partial charge is 0.213 e. The van der Waals surface area contributed by atoms with Crippen molar-refractivity contribution in [2.45, 2.75) is 13.5 Å². The van der Waals surface area contributed by atoms with E-state index in [1.165, 1.54) is 0 Å². The van der Waals surface area contributed by atoms with Gasteiger partial charge in [0.1, 0.15) is 5.69 Å². The Morgan fingerprint density at radius 3 is 2.60 bits per heavy atom.